The smallest absolute Gasteiger partial charge is 0.0292 e. The van der Waals surface area contributed by atoms with E-state index in [1.165, 1.54) is 32.1 Å². The van der Waals surface area contributed by atoms with Crippen LogP contribution in [0, 0.1) is 17.3 Å². The molecule has 0 heterocycles. The maximum atomic E-state index is 2.48. The highest BCUT2D eigenvalue weighted by Crippen LogP contribution is 2.59. The molecule has 3 atom stereocenters. The second-order valence-electron chi connectivity index (χ2n) is 4.98. The fraction of sp³-hybridized carbons (Fsp3) is 1.00. The molecule has 0 bridgehead atoms. The van der Waals surface area contributed by atoms with Crippen molar-refractivity contribution in [3.05, 3.63) is 0 Å². The third-order valence-electron chi connectivity index (χ3n) is 3.67. The molecule has 0 aromatic rings. The average Bonchev–Trinajstić information content (AvgIpc) is 2.64. The van der Waals surface area contributed by atoms with E-state index in [-0.39, 0.29) is 0 Å². The zero-order chi connectivity index (χ0) is 9.19. The van der Waals surface area contributed by atoms with E-state index in [1.807, 2.05) is 0 Å². The Bertz CT molecular complexity index is 139. The first kappa shape index (κ1) is 10.1. The maximum absolute atomic E-state index is 2.48. The first-order valence-corrected chi connectivity index (χ1v) is 5.64. The minimum atomic E-state index is 0.739. The molecular weight excluding hydrogens is 144 g/mol. The molecule has 0 radical (unpaired) electrons. The monoisotopic (exact) mass is 168 g/mol. The SMILES string of the molecule is CCCC(C)C1CC1(C)CCC. The van der Waals surface area contributed by atoms with Crippen LogP contribution in [0.3, 0.4) is 0 Å². The molecule has 1 saturated carbocycles. The largest absolute Gasteiger partial charge is 0.0654 e. The molecule has 0 N–H and O–H groups in total. The van der Waals surface area contributed by atoms with Crippen molar-refractivity contribution in [2.45, 2.75) is 59.8 Å². The van der Waals surface area contributed by atoms with Gasteiger partial charge in [0.2, 0.25) is 0 Å². The van der Waals surface area contributed by atoms with Gasteiger partial charge in [0.15, 0.2) is 0 Å². The Hall–Kier alpha value is 0. The predicted octanol–water partition coefficient (Wildman–Crippen LogP) is 4.25. The second kappa shape index (κ2) is 3.81. The van der Waals surface area contributed by atoms with Gasteiger partial charge in [-0.3, -0.25) is 0 Å². The summed E-state index contributed by atoms with van der Waals surface area (Å²) in [6.07, 6.45) is 7.11. The van der Waals surface area contributed by atoms with Gasteiger partial charge in [-0.15, -0.1) is 0 Å². The average molecular weight is 168 g/mol. The maximum Gasteiger partial charge on any atom is -0.0292 e. The summed E-state index contributed by atoms with van der Waals surface area (Å²) in [6, 6.07) is 0. The lowest BCUT2D eigenvalue weighted by atomic mass is 9.91. The van der Waals surface area contributed by atoms with Crippen LogP contribution in [0.2, 0.25) is 0 Å². The predicted molar refractivity (Wildman–Crippen MR) is 55.2 cm³/mol. The van der Waals surface area contributed by atoms with Crippen molar-refractivity contribution in [2.75, 3.05) is 0 Å². The zero-order valence-corrected chi connectivity index (χ0v) is 9.19. The molecule has 0 aliphatic heterocycles. The van der Waals surface area contributed by atoms with Crippen molar-refractivity contribution in [1.29, 1.82) is 0 Å². The van der Waals surface area contributed by atoms with E-state index in [0.29, 0.717) is 0 Å². The Morgan fingerprint density at radius 3 is 2.50 bits per heavy atom. The molecule has 0 aromatic heterocycles. The molecule has 0 amide bonds. The molecule has 0 aromatic carbocycles. The van der Waals surface area contributed by atoms with Crippen LogP contribution in [0.15, 0.2) is 0 Å². The van der Waals surface area contributed by atoms with Crippen LogP contribution in [0.4, 0.5) is 0 Å². The molecule has 0 spiro atoms. The van der Waals surface area contributed by atoms with E-state index >= 15 is 0 Å². The lowest BCUT2D eigenvalue weighted by Gasteiger charge is -2.14. The normalized spacial score (nSPS) is 36.5. The van der Waals surface area contributed by atoms with E-state index in [0.717, 1.165) is 17.3 Å². The lowest BCUT2D eigenvalue weighted by molar-refractivity contribution is 0.359. The van der Waals surface area contributed by atoms with E-state index in [2.05, 4.69) is 27.7 Å². The van der Waals surface area contributed by atoms with Crippen LogP contribution in [0.25, 0.3) is 0 Å². The molecule has 0 nitrogen and oxygen atoms in total. The number of rotatable bonds is 5. The van der Waals surface area contributed by atoms with E-state index < -0.39 is 0 Å². The van der Waals surface area contributed by atoms with Gasteiger partial charge >= 0.3 is 0 Å². The first-order chi connectivity index (χ1) is 5.64. The van der Waals surface area contributed by atoms with E-state index in [4.69, 9.17) is 0 Å². The minimum Gasteiger partial charge on any atom is -0.0654 e. The Balaban J connectivity index is 2.29. The van der Waals surface area contributed by atoms with Crippen molar-refractivity contribution < 1.29 is 0 Å². The zero-order valence-electron chi connectivity index (χ0n) is 9.19. The molecule has 1 aliphatic rings. The molecule has 72 valence electrons. The highest BCUT2D eigenvalue weighted by molar-refractivity contribution is 5.00. The highest BCUT2D eigenvalue weighted by atomic mass is 14.6. The lowest BCUT2D eigenvalue weighted by Crippen LogP contribution is -2.05. The van der Waals surface area contributed by atoms with Crippen LogP contribution >= 0.6 is 0 Å². The molecule has 1 fully saturated rings. The van der Waals surface area contributed by atoms with Gasteiger partial charge in [-0.25, -0.2) is 0 Å². The van der Waals surface area contributed by atoms with Gasteiger partial charge < -0.3 is 0 Å². The van der Waals surface area contributed by atoms with Gasteiger partial charge in [0, 0.05) is 0 Å². The summed E-state index contributed by atoms with van der Waals surface area (Å²) >= 11 is 0. The summed E-state index contributed by atoms with van der Waals surface area (Å²) in [5.74, 6) is 2.03. The van der Waals surface area contributed by atoms with Gasteiger partial charge in [0.05, 0.1) is 0 Å². The van der Waals surface area contributed by atoms with Crippen molar-refractivity contribution >= 4 is 0 Å². The standard InChI is InChI=1S/C12H24/c1-5-7-10(3)11-9-12(11,4)8-6-2/h10-11H,5-9H2,1-4H3. The summed E-state index contributed by atoms with van der Waals surface area (Å²) in [5, 5.41) is 0. The summed E-state index contributed by atoms with van der Waals surface area (Å²) in [5.41, 5.74) is 0.739. The Morgan fingerprint density at radius 2 is 2.00 bits per heavy atom. The van der Waals surface area contributed by atoms with Crippen LogP contribution < -0.4 is 0 Å². The fourth-order valence-corrected chi connectivity index (χ4v) is 2.85. The number of hydrogen-bond acceptors (Lipinski definition) is 0. The molecule has 3 unspecified atom stereocenters. The Labute approximate surface area is 77.7 Å². The third-order valence-corrected chi connectivity index (χ3v) is 3.67. The van der Waals surface area contributed by atoms with Crippen molar-refractivity contribution in [3.8, 4) is 0 Å². The Morgan fingerprint density at radius 1 is 1.33 bits per heavy atom. The van der Waals surface area contributed by atoms with Crippen molar-refractivity contribution in [1.82, 2.24) is 0 Å². The summed E-state index contributed by atoms with van der Waals surface area (Å²) in [4.78, 5) is 0. The minimum absolute atomic E-state index is 0.739. The molecule has 1 aliphatic carbocycles. The third kappa shape index (κ3) is 2.02. The summed E-state index contributed by atoms with van der Waals surface area (Å²) < 4.78 is 0. The highest BCUT2D eigenvalue weighted by Gasteiger charge is 2.50. The summed E-state index contributed by atoms with van der Waals surface area (Å²) in [6.45, 7) is 9.53. The molecule has 0 heteroatoms. The fourth-order valence-electron chi connectivity index (χ4n) is 2.85. The van der Waals surface area contributed by atoms with Crippen molar-refractivity contribution in [3.63, 3.8) is 0 Å². The van der Waals surface area contributed by atoms with E-state index in [1.54, 1.807) is 0 Å². The van der Waals surface area contributed by atoms with Crippen LogP contribution in [0.5, 0.6) is 0 Å². The molecule has 0 saturated heterocycles. The Kier molecular flexibility index (Phi) is 3.20. The molecular formula is C12H24. The quantitative estimate of drug-likeness (QED) is 0.575. The number of hydrogen-bond donors (Lipinski definition) is 0. The van der Waals surface area contributed by atoms with Crippen LogP contribution in [0.1, 0.15) is 59.8 Å². The topological polar surface area (TPSA) is 0 Å². The summed E-state index contributed by atoms with van der Waals surface area (Å²) in [7, 11) is 0. The van der Waals surface area contributed by atoms with Crippen molar-refractivity contribution in [2.24, 2.45) is 17.3 Å². The van der Waals surface area contributed by atoms with Gasteiger partial charge in [0.25, 0.3) is 0 Å². The van der Waals surface area contributed by atoms with Gasteiger partial charge in [-0.1, -0.05) is 47.0 Å². The van der Waals surface area contributed by atoms with Crippen LogP contribution in [-0.2, 0) is 0 Å². The second-order valence-corrected chi connectivity index (χ2v) is 4.98. The molecule has 1 rings (SSSR count). The van der Waals surface area contributed by atoms with Gasteiger partial charge in [-0.2, -0.15) is 0 Å². The van der Waals surface area contributed by atoms with E-state index in [9.17, 15) is 0 Å². The van der Waals surface area contributed by atoms with Gasteiger partial charge in [-0.05, 0) is 30.1 Å². The molecule has 12 heavy (non-hydrogen) atoms. The first-order valence-electron chi connectivity index (χ1n) is 5.64. The van der Waals surface area contributed by atoms with Gasteiger partial charge in [0.1, 0.15) is 0 Å². The van der Waals surface area contributed by atoms with Crippen LogP contribution in [-0.4, -0.2) is 0 Å².